The van der Waals surface area contributed by atoms with Gasteiger partial charge in [0.2, 0.25) is 5.91 Å². The van der Waals surface area contributed by atoms with Gasteiger partial charge in [-0.3, -0.25) is 4.79 Å². The van der Waals surface area contributed by atoms with Crippen LogP contribution in [0.4, 0.5) is 17.1 Å². The first-order valence-corrected chi connectivity index (χ1v) is 11.9. The molecule has 1 N–H and O–H groups in total. The predicted octanol–water partition coefficient (Wildman–Crippen LogP) is 4.22. The van der Waals surface area contributed by atoms with Crippen LogP contribution in [-0.2, 0) is 11.2 Å². The van der Waals surface area contributed by atoms with Crippen molar-refractivity contribution in [1.82, 2.24) is 0 Å². The van der Waals surface area contributed by atoms with Gasteiger partial charge in [-0.05, 0) is 54.4 Å². The molecule has 1 saturated heterocycles. The molecule has 0 aromatic heterocycles. The number of carbonyl (C=O) groups excluding carboxylic acids is 1. The fourth-order valence-corrected chi connectivity index (χ4v) is 5.17. The summed E-state index contributed by atoms with van der Waals surface area (Å²) in [7, 11) is 4.99. The first kappa shape index (κ1) is 22.9. The molecule has 182 valence electrons. The number of nitrogens with one attached hydrogen (secondary N) is 1. The lowest BCUT2D eigenvalue weighted by molar-refractivity contribution is -0.120. The predicted molar refractivity (Wildman–Crippen MR) is 138 cm³/mol. The molecule has 0 radical (unpaired) electrons. The van der Waals surface area contributed by atoms with Gasteiger partial charge in [-0.2, -0.15) is 0 Å². The van der Waals surface area contributed by atoms with Crippen LogP contribution in [-0.4, -0.2) is 52.9 Å². The molecular formula is C28H31N3O4. The highest BCUT2D eigenvalue weighted by molar-refractivity contribution is 5.94. The number of hydrogen-bond donors (Lipinski definition) is 1. The fourth-order valence-electron chi connectivity index (χ4n) is 5.17. The highest BCUT2D eigenvalue weighted by Crippen LogP contribution is 2.39. The summed E-state index contributed by atoms with van der Waals surface area (Å²) in [4.78, 5) is 18.4. The zero-order valence-electron chi connectivity index (χ0n) is 20.4. The molecule has 1 amide bonds. The van der Waals surface area contributed by atoms with Crippen molar-refractivity contribution >= 4 is 23.0 Å². The SMILES string of the molecule is COc1ccc(N2CCN3c4cc(OC)ccc4CC(C(=O)Nc4cccc(OC)c4)C3C2)cc1. The molecule has 3 aromatic carbocycles. The van der Waals surface area contributed by atoms with Crippen molar-refractivity contribution < 1.29 is 19.0 Å². The van der Waals surface area contributed by atoms with E-state index < -0.39 is 0 Å². The van der Waals surface area contributed by atoms with Crippen LogP contribution in [0.5, 0.6) is 17.2 Å². The fraction of sp³-hybridized carbons (Fsp3) is 0.321. The Balaban J connectivity index is 1.45. The third-order valence-corrected chi connectivity index (χ3v) is 7.04. The van der Waals surface area contributed by atoms with E-state index >= 15 is 0 Å². The number of benzene rings is 3. The topological polar surface area (TPSA) is 63.3 Å². The van der Waals surface area contributed by atoms with Crippen molar-refractivity contribution in [2.45, 2.75) is 12.5 Å². The van der Waals surface area contributed by atoms with Gasteiger partial charge in [-0.1, -0.05) is 12.1 Å². The Morgan fingerprint density at radius 2 is 1.57 bits per heavy atom. The molecule has 0 spiro atoms. The number of hydrogen-bond acceptors (Lipinski definition) is 6. The van der Waals surface area contributed by atoms with Gasteiger partial charge in [0.25, 0.3) is 0 Å². The molecular weight excluding hydrogens is 442 g/mol. The molecule has 2 aliphatic heterocycles. The van der Waals surface area contributed by atoms with E-state index in [0.717, 1.165) is 48.2 Å². The second-order valence-electron chi connectivity index (χ2n) is 8.93. The second kappa shape index (κ2) is 9.78. The Hall–Kier alpha value is -3.87. The lowest BCUT2D eigenvalue weighted by atomic mass is 9.83. The monoisotopic (exact) mass is 473 g/mol. The van der Waals surface area contributed by atoms with E-state index in [0.29, 0.717) is 12.2 Å². The highest BCUT2D eigenvalue weighted by atomic mass is 16.5. The number of piperazine rings is 1. The average molecular weight is 474 g/mol. The molecule has 7 heteroatoms. The number of amides is 1. The van der Waals surface area contributed by atoms with Crippen LogP contribution in [0.1, 0.15) is 5.56 Å². The van der Waals surface area contributed by atoms with E-state index in [2.05, 4.69) is 39.4 Å². The molecule has 0 saturated carbocycles. The number of methoxy groups -OCH3 is 3. The van der Waals surface area contributed by atoms with E-state index in [9.17, 15) is 4.79 Å². The molecule has 35 heavy (non-hydrogen) atoms. The first-order valence-electron chi connectivity index (χ1n) is 11.9. The minimum absolute atomic E-state index is 0.0197. The molecule has 2 unspecified atom stereocenters. The number of fused-ring (bicyclic) bond motifs is 3. The van der Waals surface area contributed by atoms with Gasteiger partial charge in [-0.25, -0.2) is 0 Å². The Morgan fingerprint density at radius 1 is 0.857 bits per heavy atom. The molecule has 2 heterocycles. The van der Waals surface area contributed by atoms with Gasteiger partial charge in [0.05, 0.1) is 33.3 Å². The van der Waals surface area contributed by atoms with Gasteiger partial charge in [-0.15, -0.1) is 0 Å². The highest BCUT2D eigenvalue weighted by Gasteiger charge is 2.41. The largest absolute Gasteiger partial charge is 0.497 e. The molecule has 7 nitrogen and oxygen atoms in total. The maximum atomic E-state index is 13.6. The molecule has 5 rings (SSSR count). The van der Waals surface area contributed by atoms with E-state index in [1.807, 2.05) is 42.5 Å². The zero-order valence-corrected chi connectivity index (χ0v) is 20.4. The quantitative estimate of drug-likeness (QED) is 0.579. The maximum Gasteiger partial charge on any atom is 0.229 e. The van der Waals surface area contributed by atoms with Crippen molar-refractivity contribution in [2.24, 2.45) is 5.92 Å². The summed E-state index contributed by atoms with van der Waals surface area (Å²) in [5, 5.41) is 3.14. The van der Waals surface area contributed by atoms with Gasteiger partial charge in [0, 0.05) is 48.8 Å². The minimum Gasteiger partial charge on any atom is -0.497 e. The summed E-state index contributed by atoms with van der Waals surface area (Å²) in [6.45, 7) is 2.43. The number of carbonyl (C=O) groups is 1. The van der Waals surface area contributed by atoms with Crippen molar-refractivity contribution in [3.8, 4) is 17.2 Å². The van der Waals surface area contributed by atoms with Gasteiger partial charge in [0.15, 0.2) is 0 Å². The van der Waals surface area contributed by atoms with Crippen LogP contribution >= 0.6 is 0 Å². The lowest BCUT2D eigenvalue weighted by Crippen LogP contribution is -2.60. The van der Waals surface area contributed by atoms with Crippen molar-refractivity contribution in [1.29, 1.82) is 0 Å². The van der Waals surface area contributed by atoms with Crippen LogP contribution in [0.15, 0.2) is 66.7 Å². The molecule has 0 aliphatic carbocycles. The summed E-state index contributed by atoms with van der Waals surface area (Å²) in [5.41, 5.74) is 4.21. The number of rotatable bonds is 6. The second-order valence-corrected chi connectivity index (χ2v) is 8.93. The van der Waals surface area contributed by atoms with E-state index in [4.69, 9.17) is 14.2 Å². The van der Waals surface area contributed by atoms with Crippen LogP contribution in [0.3, 0.4) is 0 Å². The van der Waals surface area contributed by atoms with Crippen LogP contribution in [0.25, 0.3) is 0 Å². The van der Waals surface area contributed by atoms with Gasteiger partial charge >= 0.3 is 0 Å². The standard InChI is InChI=1S/C28H31N3O4/c1-33-22-11-8-21(9-12-22)30-13-14-31-26-17-24(35-3)10-7-19(26)15-25(27(31)18-30)28(32)29-20-5-4-6-23(16-20)34-2/h4-12,16-17,25,27H,13-15,18H2,1-3H3,(H,29,32). The number of ether oxygens (including phenoxy) is 3. The number of anilines is 3. The van der Waals surface area contributed by atoms with Crippen molar-refractivity contribution in [3.63, 3.8) is 0 Å². The summed E-state index contributed by atoms with van der Waals surface area (Å²) >= 11 is 0. The molecule has 0 bridgehead atoms. The molecule has 1 fully saturated rings. The van der Waals surface area contributed by atoms with E-state index in [1.165, 1.54) is 5.56 Å². The van der Waals surface area contributed by atoms with Crippen molar-refractivity contribution in [2.75, 3.05) is 56.1 Å². The molecule has 2 aliphatic rings. The maximum absolute atomic E-state index is 13.6. The summed E-state index contributed by atoms with van der Waals surface area (Å²) in [6, 6.07) is 21.8. The summed E-state index contributed by atoms with van der Waals surface area (Å²) in [6.07, 6.45) is 0.673. The normalized spacial score (nSPS) is 18.8. The Bertz CT molecular complexity index is 1200. The Kier molecular flexibility index (Phi) is 6.40. The van der Waals surface area contributed by atoms with Gasteiger partial charge < -0.3 is 29.3 Å². The van der Waals surface area contributed by atoms with E-state index in [-0.39, 0.29) is 17.9 Å². The Morgan fingerprint density at radius 3 is 2.31 bits per heavy atom. The average Bonchev–Trinajstić information content (AvgIpc) is 2.92. The lowest BCUT2D eigenvalue weighted by Gasteiger charge is -2.49. The molecule has 2 atom stereocenters. The van der Waals surface area contributed by atoms with Crippen molar-refractivity contribution in [3.05, 3.63) is 72.3 Å². The molecule has 3 aromatic rings. The van der Waals surface area contributed by atoms with Crippen LogP contribution in [0.2, 0.25) is 0 Å². The summed E-state index contributed by atoms with van der Waals surface area (Å²) < 4.78 is 16.2. The minimum atomic E-state index is -0.205. The third kappa shape index (κ3) is 4.58. The Labute approximate surface area is 206 Å². The first-order chi connectivity index (χ1) is 17.1. The van der Waals surface area contributed by atoms with Crippen LogP contribution in [0, 0.1) is 5.92 Å². The smallest absolute Gasteiger partial charge is 0.229 e. The number of nitrogens with zero attached hydrogens (tertiary/aromatic N) is 2. The van der Waals surface area contributed by atoms with E-state index in [1.54, 1.807) is 21.3 Å². The van der Waals surface area contributed by atoms with Gasteiger partial charge in [0.1, 0.15) is 17.2 Å². The zero-order chi connectivity index (χ0) is 24.4. The summed E-state index contributed by atoms with van der Waals surface area (Å²) in [5.74, 6) is 2.20. The third-order valence-electron chi connectivity index (χ3n) is 7.04. The van der Waals surface area contributed by atoms with Crippen LogP contribution < -0.4 is 29.3 Å².